The molecule has 140 valence electrons. The van der Waals surface area contributed by atoms with Crippen LogP contribution in [0.15, 0.2) is 17.7 Å². The van der Waals surface area contributed by atoms with E-state index in [2.05, 4.69) is 0 Å². The first kappa shape index (κ1) is 19.1. The van der Waals surface area contributed by atoms with Crippen LogP contribution >= 0.6 is 0 Å². The normalized spacial score (nSPS) is 15.6. The van der Waals surface area contributed by atoms with Crippen molar-refractivity contribution < 1.29 is 43.2 Å². The molecule has 9 nitrogen and oxygen atoms in total. The highest BCUT2D eigenvalue weighted by Crippen LogP contribution is 2.39. The number of aliphatic carboxylic acids is 1. The lowest BCUT2D eigenvalue weighted by molar-refractivity contribution is -0.222. The van der Waals surface area contributed by atoms with Gasteiger partial charge < -0.3 is 28.8 Å². The van der Waals surface area contributed by atoms with Crippen molar-refractivity contribution in [2.75, 3.05) is 20.8 Å². The summed E-state index contributed by atoms with van der Waals surface area (Å²) in [6.07, 6.45) is 1.26. The van der Waals surface area contributed by atoms with Gasteiger partial charge in [0.2, 0.25) is 5.75 Å². The zero-order valence-corrected chi connectivity index (χ0v) is 14.7. The van der Waals surface area contributed by atoms with Crippen molar-refractivity contribution in [1.29, 1.82) is 0 Å². The monoisotopic (exact) mass is 366 g/mol. The average molecular weight is 366 g/mol. The van der Waals surface area contributed by atoms with Gasteiger partial charge in [0, 0.05) is 13.8 Å². The van der Waals surface area contributed by atoms with E-state index >= 15 is 0 Å². The molecule has 1 aromatic rings. The van der Waals surface area contributed by atoms with Crippen molar-refractivity contribution in [3.63, 3.8) is 0 Å². The maximum atomic E-state index is 12.0. The van der Waals surface area contributed by atoms with Gasteiger partial charge in [0.25, 0.3) is 5.79 Å². The lowest BCUT2D eigenvalue weighted by Crippen LogP contribution is -2.41. The second-order valence-corrected chi connectivity index (χ2v) is 5.67. The molecule has 1 fully saturated rings. The molecule has 0 atom stereocenters. The number of carbonyl (C=O) groups excluding carboxylic acids is 2. The van der Waals surface area contributed by atoms with E-state index < -0.39 is 30.3 Å². The zero-order valence-electron chi connectivity index (χ0n) is 14.7. The van der Waals surface area contributed by atoms with E-state index in [1.165, 1.54) is 46.3 Å². The third-order valence-corrected chi connectivity index (χ3v) is 3.25. The molecule has 0 bridgehead atoms. The van der Waals surface area contributed by atoms with E-state index in [-0.39, 0.29) is 22.8 Å². The molecule has 0 spiro atoms. The summed E-state index contributed by atoms with van der Waals surface area (Å²) < 4.78 is 25.6. The number of cyclic esters (lactones) is 2. The first-order chi connectivity index (χ1) is 12.2. The molecular weight excluding hydrogens is 348 g/mol. The van der Waals surface area contributed by atoms with Gasteiger partial charge >= 0.3 is 17.9 Å². The highest BCUT2D eigenvalue weighted by Gasteiger charge is 2.38. The Labute approximate surface area is 149 Å². The van der Waals surface area contributed by atoms with E-state index in [1.54, 1.807) is 0 Å². The summed E-state index contributed by atoms with van der Waals surface area (Å²) in [4.78, 5) is 34.8. The summed E-state index contributed by atoms with van der Waals surface area (Å²) in [7, 11) is 2.70. The van der Waals surface area contributed by atoms with Gasteiger partial charge in [-0.1, -0.05) is 0 Å². The number of hydrogen-bond acceptors (Lipinski definition) is 8. The Morgan fingerprint density at radius 2 is 1.62 bits per heavy atom. The van der Waals surface area contributed by atoms with Crippen molar-refractivity contribution in [3.8, 4) is 17.2 Å². The molecule has 2 rings (SSSR count). The van der Waals surface area contributed by atoms with Crippen LogP contribution in [0.4, 0.5) is 0 Å². The van der Waals surface area contributed by atoms with Crippen LogP contribution in [-0.4, -0.2) is 49.6 Å². The molecule has 9 heteroatoms. The summed E-state index contributed by atoms with van der Waals surface area (Å²) in [6, 6.07) is 2.90. The van der Waals surface area contributed by atoms with Gasteiger partial charge in [-0.25, -0.2) is 14.4 Å². The number of ether oxygens (including phenoxy) is 5. The van der Waals surface area contributed by atoms with Gasteiger partial charge in [-0.15, -0.1) is 0 Å². The molecule has 26 heavy (non-hydrogen) atoms. The third-order valence-electron chi connectivity index (χ3n) is 3.25. The summed E-state index contributed by atoms with van der Waals surface area (Å²) >= 11 is 0. The number of carboxylic acid groups (broad SMARTS) is 1. The standard InChI is InChI=1S/C17H18O9/c1-17(2)25-15(20)10(16(21)26-17)5-9-6-11(22-3)14(12(7-9)23-4)24-8-13(18)19/h5-7H,8H2,1-4H3,(H,18,19). The first-order valence-corrected chi connectivity index (χ1v) is 7.46. The summed E-state index contributed by atoms with van der Waals surface area (Å²) in [6.45, 7) is 2.29. The third kappa shape index (κ3) is 4.24. The minimum Gasteiger partial charge on any atom is -0.493 e. The molecule has 1 saturated heterocycles. The largest absolute Gasteiger partial charge is 0.493 e. The molecule has 0 radical (unpaired) electrons. The Morgan fingerprint density at radius 3 is 2.04 bits per heavy atom. The molecule has 1 heterocycles. The van der Waals surface area contributed by atoms with E-state index in [0.29, 0.717) is 5.56 Å². The predicted octanol–water partition coefficient (Wildman–Crippen LogP) is 1.39. The summed E-state index contributed by atoms with van der Waals surface area (Å²) in [5.41, 5.74) is 0.0672. The molecule has 1 aliphatic rings. The number of rotatable bonds is 6. The first-order valence-electron chi connectivity index (χ1n) is 7.46. The van der Waals surface area contributed by atoms with Crippen molar-refractivity contribution in [2.45, 2.75) is 19.6 Å². The van der Waals surface area contributed by atoms with Gasteiger partial charge in [0.05, 0.1) is 14.2 Å². The molecule has 0 amide bonds. The van der Waals surface area contributed by atoms with Crippen molar-refractivity contribution in [2.24, 2.45) is 0 Å². The van der Waals surface area contributed by atoms with Gasteiger partial charge in [-0.05, 0) is 23.8 Å². The molecular formula is C17H18O9. The fourth-order valence-electron chi connectivity index (χ4n) is 2.20. The van der Waals surface area contributed by atoms with Gasteiger partial charge in [-0.2, -0.15) is 0 Å². The van der Waals surface area contributed by atoms with Crippen LogP contribution in [0, 0.1) is 0 Å². The number of esters is 2. The van der Waals surface area contributed by atoms with E-state index in [4.69, 9.17) is 28.8 Å². The molecule has 0 aliphatic carbocycles. The van der Waals surface area contributed by atoms with Crippen LogP contribution in [0.25, 0.3) is 6.08 Å². The maximum absolute atomic E-state index is 12.0. The molecule has 1 aliphatic heterocycles. The Hall–Kier alpha value is -3.23. The van der Waals surface area contributed by atoms with E-state index in [0.717, 1.165) is 0 Å². The minimum atomic E-state index is -1.34. The SMILES string of the molecule is COc1cc(C=C2C(=O)OC(C)(C)OC2=O)cc(OC)c1OCC(=O)O. The Kier molecular flexibility index (Phi) is 5.39. The lowest BCUT2D eigenvalue weighted by Gasteiger charge is -2.29. The number of carboxylic acids is 1. The van der Waals surface area contributed by atoms with Crippen LogP contribution in [0.3, 0.4) is 0 Å². The van der Waals surface area contributed by atoms with Crippen LogP contribution in [0.5, 0.6) is 17.2 Å². The number of methoxy groups -OCH3 is 2. The Bertz CT molecular complexity index is 729. The van der Waals surface area contributed by atoms with Crippen LogP contribution in [0.2, 0.25) is 0 Å². The van der Waals surface area contributed by atoms with E-state index in [9.17, 15) is 14.4 Å². The second-order valence-electron chi connectivity index (χ2n) is 5.67. The fourth-order valence-corrected chi connectivity index (χ4v) is 2.20. The number of hydrogen-bond donors (Lipinski definition) is 1. The van der Waals surface area contributed by atoms with Crippen LogP contribution in [-0.2, 0) is 23.9 Å². The fraction of sp³-hybridized carbons (Fsp3) is 0.353. The quantitative estimate of drug-likeness (QED) is 0.452. The topological polar surface area (TPSA) is 118 Å². The summed E-state index contributed by atoms with van der Waals surface area (Å²) in [5, 5.41) is 8.75. The highest BCUT2D eigenvalue weighted by molar-refractivity contribution is 6.18. The smallest absolute Gasteiger partial charge is 0.348 e. The molecule has 0 unspecified atom stereocenters. The maximum Gasteiger partial charge on any atom is 0.348 e. The molecule has 1 N–H and O–H groups in total. The molecule has 0 saturated carbocycles. The second kappa shape index (κ2) is 7.34. The lowest BCUT2D eigenvalue weighted by atomic mass is 10.1. The van der Waals surface area contributed by atoms with Crippen LogP contribution in [0.1, 0.15) is 19.4 Å². The van der Waals surface area contributed by atoms with Crippen molar-refractivity contribution in [3.05, 3.63) is 23.3 Å². The Morgan fingerprint density at radius 1 is 1.12 bits per heavy atom. The van der Waals surface area contributed by atoms with Gasteiger partial charge in [0.1, 0.15) is 5.57 Å². The molecule has 1 aromatic carbocycles. The van der Waals surface area contributed by atoms with Crippen molar-refractivity contribution >= 4 is 24.0 Å². The van der Waals surface area contributed by atoms with Crippen molar-refractivity contribution in [1.82, 2.24) is 0 Å². The highest BCUT2D eigenvalue weighted by atomic mass is 16.7. The van der Waals surface area contributed by atoms with Gasteiger partial charge in [0.15, 0.2) is 18.1 Å². The average Bonchev–Trinajstić information content (AvgIpc) is 2.54. The number of carbonyl (C=O) groups is 3. The predicted molar refractivity (Wildman–Crippen MR) is 86.9 cm³/mol. The molecule has 0 aromatic heterocycles. The van der Waals surface area contributed by atoms with Gasteiger partial charge in [-0.3, -0.25) is 0 Å². The van der Waals surface area contributed by atoms with E-state index in [1.807, 2.05) is 0 Å². The van der Waals surface area contributed by atoms with Crippen LogP contribution < -0.4 is 14.2 Å². The number of benzene rings is 1. The summed E-state index contributed by atoms with van der Waals surface area (Å²) in [5.74, 6) is -3.75. The Balaban J connectivity index is 2.43. The minimum absolute atomic E-state index is 0.0782. The zero-order chi connectivity index (χ0) is 19.5.